The number of carbonyl (C=O) groups excluding carboxylic acids is 2. The van der Waals surface area contributed by atoms with Crippen LogP contribution in [0.15, 0.2) is 11.6 Å². The second-order valence-corrected chi connectivity index (χ2v) is 3.12. The minimum atomic E-state index is -0.218. The van der Waals surface area contributed by atoms with E-state index >= 15 is 0 Å². The highest BCUT2D eigenvalue weighted by Gasteiger charge is 2.23. The van der Waals surface area contributed by atoms with Crippen molar-refractivity contribution >= 4 is 12.3 Å². The molecule has 13 heavy (non-hydrogen) atoms. The molecule has 0 aromatic carbocycles. The molecule has 0 spiro atoms. The summed E-state index contributed by atoms with van der Waals surface area (Å²) in [7, 11) is 0. The van der Waals surface area contributed by atoms with E-state index in [1.807, 2.05) is 6.92 Å². The fraction of sp³-hybridized carbons (Fsp3) is 0.600. The van der Waals surface area contributed by atoms with Crippen molar-refractivity contribution in [1.82, 2.24) is 0 Å². The molecule has 1 unspecified atom stereocenters. The summed E-state index contributed by atoms with van der Waals surface area (Å²) in [5.41, 5.74) is 0.752. The molecule has 0 saturated carbocycles. The van der Waals surface area contributed by atoms with Crippen molar-refractivity contribution in [1.29, 1.82) is 0 Å². The molecule has 1 rings (SSSR count). The number of cyclic esters (lactones) is 1. The maximum atomic E-state index is 11.2. The number of allylic oxidation sites excluding steroid dienone is 1. The third-order valence-corrected chi connectivity index (χ3v) is 2.23. The lowest BCUT2D eigenvalue weighted by Crippen LogP contribution is -2.25. The summed E-state index contributed by atoms with van der Waals surface area (Å²) in [6.45, 7) is 1.84. The quantitative estimate of drug-likeness (QED) is 0.378. The van der Waals surface area contributed by atoms with Crippen LogP contribution in [0.3, 0.4) is 0 Å². The second kappa shape index (κ2) is 4.80. The van der Waals surface area contributed by atoms with Crippen LogP contribution in [0, 0.1) is 0 Å². The topological polar surface area (TPSA) is 43.4 Å². The molecule has 72 valence electrons. The Hall–Kier alpha value is -1.12. The molecular weight excluding hydrogens is 168 g/mol. The van der Waals surface area contributed by atoms with Gasteiger partial charge in [0, 0.05) is 12.0 Å². The smallest absolute Gasteiger partial charge is 0.333 e. The summed E-state index contributed by atoms with van der Waals surface area (Å²) in [6, 6.07) is 0. The fourth-order valence-corrected chi connectivity index (χ4v) is 1.42. The maximum absolute atomic E-state index is 11.2. The Kier molecular flexibility index (Phi) is 3.68. The number of ether oxygens (including phenoxy) is 1. The molecule has 0 aromatic heterocycles. The highest BCUT2D eigenvalue weighted by atomic mass is 16.5. The Balaban J connectivity index is 2.41. The molecule has 1 aliphatic heterocycles. The highest BCUT2D eigenvalue weighted by Crippen LogP contribution is 2.21. The van der Waals surface area contributed by atoms with Crippen molar-refractivity contribution in [3.8, 4) is 0 Å². The van der Waals surface area contributed by atoms with Gasteiger partial charge in [0.1, 0.15) is 12.4 Å². The predicted molar refractivity (Wildman–Crippen MR) is 48.2 cm³/mol. The molecule has 0 aromatic rings. The van der Waals surface area contributed by atoms with Crippen molar-refractivity contribution in [2.75, 3.05) is 0 Å². The van der Waals surface area contributed by atoms with Crippen molar-refractivity contribution in [3.05, 3.63) is 11.6 Å². The van der Waals surface area contributed by atoms with Crippen molar-refractivity contribution in [2.24, 2.45) is 0 Å². The van der Waals surface area contributed by atoms with Crippen molar-refractivity contribution in [2.45, 2.75) is 38.7 Å². The van der Waals surface area contributed by atoms with Gasteiger partial charge in [-0.3, -0.25) is 0 Å². The Morgan fingerprint density at radius 1 is 1.62 bits per heavy atom. The van der Waals surface area contributed by atoms with Gasteiger partial charge in [-0.2, -0.15) is 0 Å². The monoisotopic (exact) mass is 182 g/mol. The molecule has 0 bridgehead atoms. The van der Waals surface area contributed by atoms with Gasteiger partial charge in [0.05, 0.1) is 0 Å². The Morgan fingerprint density at radius 2 is 2.38 bits per heavy atom. The van der Waals surface area contributed by atoms with E-state index < -0.39 is 0 Å². The molecule has 1 fully saturated rings. The van der Waals surface area contributed by atoms with E-state index in [-0.39, 0.29) is 12.1 Å². The first-order valence-electron chi connectivity index (χ1n) is 4.57. The van der Waals surface area contributed by atoms with Gasteiger partial charge in [0.2, 0.25) is 0 Å². The molecular formula is C10H14O3. The lowest BCUT2D eigenvalue weighted by molar-refractivity contribution is -0.148. The zero-order valence-corrected chi connectivity index (χ0v) is 7.79. The summed E-state index contributed by atoms with van der Waals surface area (Å²) in [4.78, 5) is 21.3. The number of carbonyl (C=O) groups is 2. The third-order valence-electron chi connectivity index (χ3n) is 2.23. The lowest BCUT2D eigenvalue weighted by Gasteiger charge is -2.23. The second-order valence-electron chi connectivity index (χ2n) is 3.12. The van der Waals surface area contributed by atoms with Crippen LogP contribution in [-0.4, -0.2) is 18.4 Å². The van der Waals surface area contributed by atoms with Gasteiger partial charge < -0.3 is 9.53 Å². The number of esters is 1. The number of hydrogen-bond acceptors (Lipinski definition) is 3. The Labute approximate surface area is 77.8 Å². The molecule has 3 heteroatoms. The predicted octanol–water partition coefficient (Wildman–Crippen LogP) is 1.62. The zero-order valence-electron chi connectivity index (χ0n) is 7.79. The molecule has 0 radical (unpaired) electrons. The van der Waals surface area contributed by atoms with Gasteiger partial charge in [-0.1, -0.05) is 6.08 Å². The Morgan fingerprint density at radius 3 is 2.92 bits per heavy atom. The molecule has 0 amide bonds. The van der Waals surface area contributed by atoms with E-state index in [1.54, 1.807) is 6.08 Å². The average molecular weight is 182 g/mol. The minimum absolute atomic E-state index is 0.0543. The lowest BCUT2D eigenvalue weighted by atomic mass is 10.0. The molecule has 1 aliphatic rings. The van der Waals surface area contributed by atoms with Crippen LogP contribution in [0.4, 0.5) is 0 Å². The van der Waals surface area contributed by atoms with Crippen LogP contribution >= 0.6 is 0 Å². The molecule has 3 nitrogen and oxygen atoms in total. The van der Waals surface area contributed by atoms with Crippen LogP contribution in [0.25, 0.3) is 0 Å². The van der Waals surface area contributed by atoms with E-state index in [2.05, 4.69) is 0 Å². The fourth-order valence-electron chi connectivity index (χ4n) is 1.42. The Bertz CT molecular complexity index is 230. The third kappa shape index (κ3) is 2.68. The van der Waals surface area contributed by atoms with Crippen LogP contribution in [0.2, 0.25) is 0 Å². The van der Waals surface area contributed by atoms with Crippen LogP contribution < -0.4 is 0 Å². The van der Waals surface area contributed by atoms with Crippen LogP contribution in [-0.2, 0) is 14.3 Å². The summed E-state index contributed by atoms with van der Waals surface area (Å²) in [5, 5.41) is 0. The molecule has 1 atom stereocenters. The molecule has 0 aliphatic carbocycles. The number of aldehydes is 1. The molecule has 0 N–H and O–H groups in total. The summed E-state index contributed by atoms with van der Waals surface area (Å²) < 4.78 is 5.13. The highest BCUT2D eigenvalue weighted by molar-refractivity contribution is 5.89. The van der Waals surface area contributed by atoms with Gasteiger partial charge in [0.25, 0.3) is 0 Å². The van der Waals surface area contributed by atoms with Crippen molar-refractivity contribution < 1.29 is 14.3 Å². The first-order valence-corrected chi connectivity index (χ1v) is 4.57. The standard InChI is InChI=1S/C10H14O3/c1-2-8-5-6-9(4-3-7-11)13-10(8)12/h2,7,9H,3-6H2,1H3/b8-2+. The molecule has 1 saturated heterocycles. The van der Waals surface area contributed by atoms with Crippen LogP contribution in [0.1, 0.15) is 32.6 Å². The van der Waals surface area contributed by atoms with Gasteiger partial charge in [0.15, 0.2) is 0 Å². The average Bonchev–Trinajstić information content (AvgIpc) is 2.15. The van der Waals surface area contributed by atoms with E-state index in [1.165, 1.54) is 0 Å². The van der Waals surface area contributed by atoms with Crippen LogP contribution in [0.5, 0.6) is 0 Å². The van der Waals surface area contributed by atoms with E-state index in [0.29, 0.717) is 12.8 Å². The van der Waals surface area contributed by atoms with Gasteiger partial charge in [-0.25, -0.2) is 4.79 Å². The number of rotatable bonds is 3. The molecule has 1 heterocycles. The first-order chi connectivity index (χ1) is 6.27. The first kappa shape index (κ1) is 9.96. The van der Waals surface area contributed by atoms with Gasteiger partial charge in [-0.05, 0) is 26.2 Å². The SMILES string of the molecule is C/C=C1\CCC(CCC=O)OC1=O. The van der Waals surface area contributed by atoms with Crippen molar-refractivity contribution in [3.63, 3.8) is 0 Å². The maximum Gasteiger partial charge on any atom is 0.333 e. The summed E-state index contributed by atoms with van der Waals surface area (Å²) in [5.74, 6) is -0.218. The van der Waals surface area contributed by atoms with E-state index in [4.69, 9.17) is 4.74 Å². The minimum Gasteiger partial charge on any atom is -0.459 e. The van der Waals surface area contributed by atoms with Gasteiger partial charge in [-0.15, -0.1) is 0 Å². The van der Waals surface area contributed by atoms with E-state index in [0.717, 1.165) is 24.7 Å². The number of hydrogen-bond donors (Lipinski definition) is 0. The largest absolute Gasteiger partial charge is 0.459 e. The zero-order chi connectivity index (χ0) is 9.68. The summed E-state index contributed by atoms with van der Waals surface area (Å²) >= 11 is 0. The van der Waals surface area contributed by atoms with E-state index in [9.17, 15) is 9.59 Å². The summed E-state index contributed by atoms with van der Waals surface area (Å²) in [6.07, 6.45) is 5.35. The van der Waals surface area contributed by atoms with Gasteiger partial charge >= 0.3 is 5.97 Å². The normalized spacial score (nSPS) is 25.8.